The lowest BCUT2D eigenvalue weighted by Crippen LogP contribution is -2.17. The third kappa shape index (κ3) is 3.63. The van der Waals surface area contributed by atoms with Crippen LogP contribution in [-0.2, 0) is 19.1 Å². The first-order valence-electron chi connectivity index (χ1n) is 6.22. The van der Waals surface area contributed by atoms with Crippen molar-refractivity contribution >= 4 is 11.9 Å². The summed E-state index contributed by atoms with van der Waals surface area (Å²) < 4.78 is 20.6. The van der Waals surface area contributed by atoms with Crippen LogP contribution < -0.4 is 9.47 Å². The van der Waals surface area contributed by atoms with Gasteiger partial charge in [0.25, 0.3) is 0 Å². The van der Waals surface area contributed by atoms with Crippen LogP contribution >= 0.6 is 0 Å². The summed E-state index contributed by atoms with van der Waals surface area (Å²) in [6, 6.07) is 5.43. The molecule has 0 radical (unpaired) electrons. The monoisotopic (exact) mass is 280 g/mol. The molecule has 2 rings (SSSR count). The molecule has 0 amide bonds. The second-order valence-corrected chi connectivity index (χ2v) is 4.41. The normalized spacial score (nSPS) is 12.3. The van der Waals surface area contributed by atoms with E-state index in [1.807, 2.05) is 6.07 Å². The predicted octanol–water partition coefficient (Wildman–Crippen LogP) is 1.63. The van der Waals surface area contributed by atoms with Gasteiger partial charge < -0.3 is 18.9 Å². The number of rotatable bonds is 5. The van der Waals surface area contributed by atoms with Crippen molar-refractivity contribution in [3.63, 3.8) is 0 Å². The van der Waals surface area contributed by atoms with Gasteiger partial charge in [0.15, 0.2) is 11.5 Å². The summed E-state index contributed by atoms with van der Waals surface area (Å²) >= 11 is 0. The van der Waals surface area contributed by atoms with Crippen LogP contribution in [0, 0.1) is 0 Å². The van der Waals surface area contributed by atoms with Crippen LogP contribution in [0.25, 0.3) is 0 Å². The molecule has 0 atom stereocenters. The highest BCUT2D eigenvalue weighted by Gasteiger charge is 2.20. The van der Waals surface area contributed by atoms with Gasteiger partial charge in [-0.1, -0.05) is 6.07 Å². The van der Waals surface area contributed by atoms with Crippen LogP contribution in [-0.4, -0.2) is 31.9 Å². The maximum atomic E-state index is 10.9. The van der Waals surface area contributed by atoms with Crippen molar-refractivity contribution in [2.24, 2.45) is 0 Å². The third-order valence-corrected chi connectivity index (χ3v) is 2.84. The van der Waals surface area contributed by atoms with Gasteiger partial charge in [0.05, 0.1) is 5.92 Å². The first-order valence-corrected chi connectivity index (χ1v) is 6.22. The van der Waals surface area contributed by atoms with Gasteiger partial charge in [0, 0.05) is 13.8 Å². The van der Waals surface area contributed by atoms with E-state index in [0.29, 0.717) is 11.5 Å². The van der Waals surface area contributed by atoms with Gasteiger partial charge in [-0.25, -0.2) is 0 Å². The average molecular weight is 280 g/mol. The molecule has 1 aromatic rings. The number of hydrogen-bond acceptors (Lipinski definition) is 6. The van der Waals surface area contributed by atoms with Crippen molar-refractivity contribution < 1.29 is 28.5 Å². The Morgan fingerprint density at radius 2 is 1.70 bits per heavy atom. The SMILES string of the molecule is CC(=O)OCC(COC(C)=O)c1ccc2c(c1)OCO2. The summed E-state index contributed by atoms with van der Waals surface area (Å²) in [6.45, 7) is 3.15. The zero-order chi connectivity index (χ0) is 14.5. The number of carbonyl (C=O) groups is 2. The summed E-state index contributed by atoms with van der Waals surface area (Å²) in [4.78, 5) is 21.9. The molecule has 0 N–H and O–H groups in total. The molecule has 20 heavy (non-hydrogen) atoms. The molecule has 6 heteroatoms. The lowest BCUT2D eigenvalue weighted by Gasteiger charge is -2.17. The quantitative estimate of drug-likeness (QED) is 0.763. The van der Waals surface area contributed by atoms with Gasteiger partial charge in [-0.15, -0.1) is 0 Å². The molecule has 0 saturated heterocycles. The molecule has 1 heterocycles. The maximum Gasteiger partial charge on any atom is 0.302 e. The van der Waals surface area contributed by atoms with Crippen molar-refractivity contribution in [1.29, 1.82) is 0 Å². The number of hydrogen-bond donors (Lipinski definition) is 0. The minimum Gasteiger partial charge on any atom is -0.465 e. The minimum absolute atomic E-state index is 0.141. The van der Waals surface area contributed by atoms with Gasteiger partial charge in [0.1, 0.15) is 13.2 Å². The van der Waals surface area contributed by atoms with E-state index in [1.165, 1.54) is 13.8 Å². The van der Waals surface area contributed by atoms with Crippen LogP contribution in [0.4, 0.5) is 0 Å². The fraction of sp³-hybridized carbons (Fsp3) is 0.429. The van der Waals surface area contributed by atoms with E-state index in [0.717, 1.165) is 5.56 Å². The summed E-state index contributed by atoms with van der Waals surface area (Å²) in [5.41, 5.74) is 0.858. The van der Waals surface area contributed by atoms with Crippen LogP contribution in [0.3, 0.4) is 0 Å². The van der Waals surface area contributed by atoms with E-state index < -0.39 is 0 Å². The van der Waals surface area contributed by atoms with Crippen LogP contribution in [0.1, 0.15) is 25.3 Å². The number of fused-ring (bicyclic) bond motifs is 1. The highest BCUT2D eigenvalue weighted by molar-refractivity contribution is 5.66. The summed E-state index contributed by atoms with van der Waals surface area (Å²) in [5.74, 6) is 0.319. The summed E-state index contributed by atoms with van der Waals surface area (Å²) in [6.07, 6.45) is 0. The Kier molecular flexibility index (Phi) is 4.45. The number of benzene rings is 1. The molecule has 0 spiro atoms. The summed E-state index contributed by atoms with van der Waals surface area (Å²) in [7, 11) is 0. The Morgan fingerprint density at radius 3 is 2.30 bits per heavy atom. The second kappa shape index (κ2) is 6.27. The largest absolute Gasteiger partial charge is 0.465 e. The molecule has 0 aromatic heterocycles. The molecule has 0 unspecified atom stereocenters. The van der Waals surface area contributed by atoms with E-state index in [2.05, 4.69) is 0 Å². The predicted molar refractivity (Wildman–Crippen MR) is 68.6 cm³/mol. The molecule has 1 aliphatic heterocycles. The highest BCUT2D eigenvalue weighted by Crippen LogP contribution is 2.34. The Hall–Kier alpha value is -2.24. The summed E-state index contributed by atoms with van der Waals surface area (Å²) in [5, 5.41) is 0. The molecule has 1 aromatic carbocycles. The Morgan fingerprint density at radius 1 is 1.10 bits per heavy atom. The maximum absolute atomic E-state index is 10.9. The van der Waals surface area contributed by atoms with E-state index in [1.54, 1.807) is 12.1 Å². The topological polar surface area (TPSA) is 71.1 Å². The van der Waals surface area contributed by atoms with Gasteiger partial charge >= 0.3 is 11.9 Å². The van der Waals surface area contributed by atoms with Gasteiger partial charge in [-0.3, -0.25) is 9.59 Å². The van der Waals surface area contributed by atoms with Crippen molar-refractivity contribution in [2.45, 2.75) is 19.8 Å². The molecule has 0 aliphatic carbocycles. The molecule has 1 aliphatic rings. The van der Waals surface area contributed by atoms with Crippen LogP contribution in [0.2, 0.25) is 0 Å². The zero-order valence-electron chi connectivity index (χ0n) is 11.4. The molecule has 6 nitrogen and oxygen atoms in total. The molecule has 108 valence electrons. The molecule has 0 bridgehead atoms. The average Bonchev–Trinajstić information content (AvgIpc) is 2.85. The number of carbonyl (C=O) groups excluding carboxylic acids is 2. The third-order valence-electron chi connectivity index (χ3n) is 2.84. The molecule has 0 fully saturated rings. The Bertz CT molecular complexity index is 492. The lowest BCUT2D eigenvalue weighted by molar-refractivity contribution is -0.144. The molecule has 0 saturated carbocycles. The van der Waals surface area contributed by atoms with Crippen LogP contribution in [0.15, 0.2) is 18.2 Å². The van der Waals surface area contributed by atoms with Gasteiger partial charge in [-0.2, -0.15) is 0 Å². The second-order valence-electron chi connectivity index (χ2n) is 4.41. The van der Waals surface area contributed by atoms with E-state index in [4.69, 9.17) is 18.9 Å². The smallest absolute Gasteiger partial charge is 0.302 e. The fourth-order valence-corrected chi connectivity index (χ4v) is 1.84. The molecular formula is C14H16O6. The zero-order valence-corrected chi connectivity index (χ0v) is 11.4. The first kappa shape index (κ1) is 14.2. The van der Waals surface area contributed by atoms with Crippen LogP contribution in [0.5, 0.6) is 11.5 Å². The minimum atomic E-state index is -0.376. The number of ether oxygens (including phenoxy) is 4. The van der Waals surface area contributed by atoms with Gasteiger partial charge in [-0.05, 0) is 17.7 Å². The number of esters is 2. The molecular weight excluding hydrogens is 264 g/mol. The van der Waals surface area contributed by atoms with Gasteiger partial charge in [0.2, 0.25) is 6.79 Å². The standard InChI is InChI=1S/C14H16O6/c1-9(15)17-6-12(7-18-10(2)16)11-3-4-13-14(5-11)20-8-19-13/h3-5,12H,6-8H2,1-2H3. The van der Waals surface area contributed by atoms with Crippen molar-refractivity contribution in [3.05, 3.63) is 23.8 Å². The van der Waals surface area contributed by atoms with Crippen molar-refractivity contribution in [2.75, 3.05) is 20.0 Å². The Labute approximate surface area is 116 Å². The van der Waals surface area contributed by atoms with Crippen molar-refractivity contribution in [1.82, 2.24) is 0 Å². The lowest BCUT2D eigenvalue weighted by atomic mass is 10.0. The van der Waals surface area contributed by atoms with E-state index in [9.17, 15) is 9.59 Å². The Balaban J connectivity index is 2.11. The fourth-order valence-electron chi connectivity index (χ4n) is 1.84. The first-order chi connectivity index (χ1) is 9.56. The van der Waals surface area contributed by atoms with E-state index in [-0.39, 0.29) is 37.9 Å². The van der Waals surface area contributed by atoms with E-state index >= 15 is 0 Å². The van der Waals surface area contributed by atoms with Crippen molar-refractivity contribution in [3.8, 4) is 11.5 Å². The highest BCUT2D eigenvalue weighted by atomic mass is 16.7.